The van der Waals surface area contributed by atoms with E-state index in [9.17, 15) is 4.79 Å². The molecule has 25 heavy (non-hydrogen) atoms. The molecule has 0 radical (unpaired) electrons. The number of nitrogens with zero attached hydrogens (tertiary/aromatic N) is 3. The van der Waals surface area contributed by atoms with Crippen LogP contribution >= 0.6 is 11.3 Å². The van der Waals surface area contributed by atoms with E-state index in [1.165, 1.54) is 0 Å². The van der Waals surface area contributed by atoms with E-state index < -0.39 is 0 Å². The normalized spacial score (nSPS) is 21.1. The Labute approximate surface area is 151 Å². The van der Waals surface area contributed by atoms with Gasteiger partial charge in [-0.1, -0.05) is 17.4 Å². The van der Waals surface area contributed by atoms with Crippen LogP contribution in [0.5, 0.6) is 5.75 Å². The van der Waals surface area contributed by atoms with E-state index in [0.29, 0.717) is 19.8 Å². The van der Waals surface area contributed by atoms with Crippen LogP contribution in [0, 0.1) is 0 Å². The molecular formula is C18H23N3O3S. The van der Waals surface area contributed by atoms with Gasteiger partial charge in [0.05, 0.1) is 24.5 Å². The van der Waals surface area contributed by atoms with Gasteiger partial charge < -0.3 is 19.3 Å². The number of carbonyl (C=O) groups is 1. The summed E-state index contributed by atoms with van der Waals surface area (Å²) in [6.07, 6.45) is 1.81. The van der Waals surface area contributed by atoms with Crippen LogP contribution in [0.1, 0.15) is 19.8 Å². The van der Waals surface area contributed by atoms with Crippen molar-refractivity contribution in [3.8, 4) is 5.75 Å². The van der Waals surface area contributed by atoms with Gasteiger partial charge >= 0.3 is 0 Å². The van der Waals surface area contributed by atoms with Crippen LogP contribution in [0.15, 0.2) is 18.2 Å². The Hall–Kier alpha value is -1.86. The van der Waals surface area contributed by atoms with E-state index >= 15 is 0 Å². The standard InChI is InChI=1S/C18H23N3O3S/c1-2-23-13-6-5-7-15-16(13)19-18(25-15)21-10-11-24-14(12-21)17(22)20-8-3-4-9-20/h5-7,14H,2-4,8-12H2,1H3. The summed E-state index contributed by atoms with van der Waals surface area (Å²) in [6, 6.07) is 6.01. The molecule has 0 spiro atoms. The predicted molar refractivity (Wildman–Crippen MR) is 98.6 cm³/mol. The molecule has 1 aromatic heterocycles. The first-order valence-corrected chi connectivity index (χ1v) is 9.75. The third kappa shape index (κ3) is 3.30. The number of ether oxygens (including phenoxy) is 2. The summed E-state index contributed by atoms with van der Waals surface area (Å²) in [4.78, 5) is 21.5. The van der Waals surface area contributed by atoms with Gasteiger partial charge in [-0.25, -0.2) is 4.98 Å². The van der Waals surface area contributed by atoms with Crippen molar-refractivity contribution >= 4 is 32.6 Å². The number of anilines is 1. The molecule has 2 aliphatic rings. The molecule has 134 valence electrons. The van der Waals surface area contributed by atoms with Gasteiger partial charge in [-0.05, 0) is 31.9 Å². The Bertz CT molecular complexity index is 757. The topological polar surface area (TPSA) is 54.9 Å². The van der Waals surface area contributed by atoms with Gasteiger partial charge in [0.25, 0.3) is 5.91 Å². The fraction of sp³-hybridized carbons (Fsp3) is 0.556. The van der Waals surface area contributed by atoms with Crippen molar-refractivity contribution in [3.05, 3.63) is 18.2 Å². The van der Waals surface area contributed by atoms with E-state index in [1.807, 2.05) is 24.0 Å². The van der Waals surface area contributed by atoms with Gasteiger partial charge in [-0.2, -0.15) is 0 Å². The van der Waals surface area contributed by atoms with Gasteiger partial charge in [0.2, 0.25) is 0 Å². The summed E-state index contributed by atoms with van der Waals surface area (Å²) in [7, 11) is 0. The summed E-state index contributed by atoms with van der Waals surface area (Å²) in [5, 5.41) is 0.935. The van der Waals surface area contributed by atoms with Crippen molar-refractivity contribution < 1.29 is 14.3 Å². The number of rotatable bonds is 4. The number of hydrogen-bond donors (Lipinski definition) is 0. The first-order valence-electron chi connectivity index (χ1n) is 8.94. The third-order valence-electron chi connectivity index (χ3n) is 4.70. The Morgan fingerprint density at radius 3 is 3.00 bits per heavy atom. The molecule has 1 unspecified atom stereocenters. The van der Waals surface area contributed by atoms with Crippen LogP contribution < -0.4 is 9.64 Å². The molecule has 6 nitrogen and oxygen atoms in total. The second kappa shape index (κ2) is 7.17. The lowest BCUT2D eigenvalue weighted by molar-refractivity contribution is -0.143. The van der Waals surface area contributed by atoms with E-state index in [-0.39, 0.29) is 12.0 Å². The number of morpholine rings is 1. The number of fused-ring (bicyclic) bond motifs is 1. The zero-order valence-corrected chi connectivity index (χ0v) is 15.3. The molecule has 1 atom stereocenters. The number of likely N-dealkylation sites (tertiary alicyclic amines) is 1. The predicted octanol–water partition coefficient (Wildman–Crippen LogP) is 2.52. The van der Waals surface area contributed by atoms with Crippen molar-refractivity contribution in [1.82, 2.24) is 9.88 Å². The minimum atomic E-state index is -0.384. The molecule has 3 heterocycles. The SMILES string of the molecule is CCOc1cccc2sc(N3CCOC(C(=O)N4CCCC4)C3)nc12. The molecule has 0 N–H and O–H groups in total. The van der Waals surface area contributed by atoms with Crippen LogP contribution in [0.4, 0.5) is 5.13 Å². The van der Waals surface area contributed by atoms with Crippen molar-refractivity contribution in [2.45, 2.75) is 25.9 Å². The average Bonchev–Trinajstić information content (AvgIpc) is 3.32. The van der Waals surface area contributed by atoms with Gasteiger partial charge in [0.1, 0.15) is 11.3 Å². The molecule has 2 aliphatic heterocycles. The molecule has 4 rings (SSSR count). The lowest BCUT2D eigenvalue weighted by Crippen LogP contribution is -2.50. The molecular weight excluding hydrogens is 338 g/mol. The minimum Gasteiger partial charge on any atom is -0.492 e. The molecule has 1 aromatic carbocycles. The molecule has 0 saturated carbocycles. The maximum Gasteiger partial charge on any atom is 0.253 e. The van der Waals surface area contributed by atoms with Crippen LogP contribution in [0.3, 0.4) is 0 Å². The monoisotopic (exact) mass is 361 g/mol. The second-order valence-corrected chi connectivity index (χ2v) is 7.38. The number of amides is 1. The summed E-state index contributed by atoms with van der Waals surface area (Å²) in [5.74, 6) is 0.943. The Balaban J connectivity index is 1.53. The zero-order chi connectivity index (χ0) is 17.2. The molecule has 2 aromatic rings. The highest BCUT2D eigenvalue weighted by Crippen LogP contribution is 2.34. The third-order valence-corrected chi connectivity index (χ3v) is 5.78. The van der Waals surface area contributed by atoms with Crippen molar-refractivity contribution in [1.29, 1.82) is 0 Å². The first-order chi connectivity index (χ1) is 12.3. The fourth-order valence-electron chi connectivity index (χ4n) is 3.43. The van der Waals surface area contributed by atoms with Gasteiger partial charge in [0, 0.05) is 19.6 Å². The van der Waals surface area contributed by atoms with Crippen LogP contribution in [0.2, 0.25) is 0 Å². The minimum absolute atomic E-state index is 0.123. The van der Waals surface area contributed by atoms with Crippen LogP contribution in [-0.2, 0) is 9.53 Å². The fourth-order valence-corrected chi connectivity index (χ4v) is 4.45. The van der Waals surface area contributed by atoms with E-state index in [4.69, 9.17) is 14.5 Å². The first kappa shape index (κ1) is 16.6. The Morgan fingerprint density at radius 2 is 2.20 bits per heavy atom. The molecule has 7 heteroatoms. The van der Waals surface area contributed by atoms with Gasteiger partial charge in [0.15, 0.2) is 11.2 Å². The maximum atomic E-state index is 12.6. The van der Waals surface area contributed by atoms with E-state index in [1.54, 1.807) is 11.3 Å². The molecule has 0 bridgehead atoms. The number of aromatic nitrogens is 1. The largest absolute Gasteiger partial charge is 0.492 e. The number of para-hydroxylation sites is 1. The summed E-state index contributed by atoms with van der Waals surface area (Å²) < 4.78 is 12.6. The maximum absolute atomic E-state index is 12.6. The highest BCUT2D eigenvalue weighted by Gasteiger charge is 2.32. The van der Waals surface area contributed by atoms with Crippen molar-refractivity contribution in [2.24, 2.45) is 0 Å². The number of benzene rings is 1. The summed E-state index contributed by atoms with van der Waals surface area (Å²) >= 11 is 1.64. The molecule has 2 fully saturated rings. The number of thiazole rings is 1. The highest BCUT2D eigenvalue weighted by atomic mass is 32.1. The van der Waals surface area contributed by atoms with Gasteiger partial charge in [-0.15, -0.1) is 0 Å². The quantitative estimate of drug-likeness (QED) is 0.838. The van der Waals surface area contributed by atoms with Gasteiger partial charge in [-0.3, -0.25) is 4.79 Å². The molecule has 2 saturated heterocycles. The van der Waals surface area contributed by atoms with Crippen LogP contribution in [-0.4, -0.2) is 61.3 Å². The van der Waals surface area contributed by atoms with E-state index in [2.05, 4.69) is 11.0 Å². The number of hydrogen-bond acceptors (Lipinski definition) is 6. The smallest absolute Gasteiger partial charge is 0.253 e. The van der Waals surface area contributed by atoms with Crippen molar-refractivity contribution in [2.75, 3.05) is 44.3 Å². The lowest BCUT2D eigenvalue weighted by Gasteiger charge is -2.33. The zero-order valence-electron chi connectivity index (χ0n) is 14.4. The summed E-state index contributed by atoms with van der Waals surface area (Å²) in [6.45, 7) is 6.19. The highest BCUT2D eigenvalue weighted by molar-refractivity contribution is 7.22. The summed E-state index contributed by atoms with van der Waals surface area (Å²) in [5.41, 5.74) is 0.901. The Kier molecular flexibility index (Phi) is 4.76. The number of carbonyl (C=O) groups excluding carboxylic acids is 1. The molecule has 0 aliphatic carbocycles. The lowest BCUT2D eigenvalue weighted by atomic mass is 10.2. The van der Waals surface area contributed by atoms with Crippen LogP contribution in [0.25, 0.3) is 10.2 Å². The van der Waals surface area contributed by atoms with Crippen molar-refractivity contribution in [3.63, 3.8) is 0 Å². The molecule has 1 amide bonds. The van der Waals surface area contributed by atoms with E-state index in [0.717, 1.165) is 53.6 Å². The Morgan fingerprint density at radius 1 is 1.36 bits per heavy atom. The average molecular weight is 361 g/mol. The second-order valence-electron chi connectivity index (χ2n) is 6.37.